The highest BCUT2D eigenvalue weighted by atomic mass is 16.5. The summed E-state index contributed by atoms with van der Waals surface area (Å²) < 4.78 is 4.81. The number of carboxylic acid groups (broad SMARTS) is 1. The van der Waals surface area contributed by atoms with Crippen LogP contribution in [0.4, 0.5) is 0 Å². The quantitative estimate of drug-likeness (QED) is 0.654. The van der Waals surface area contributed by atoms with E-state index in [1.54, 1.807) is 6.92 Å². The average Bonchev–Trinajstić information content (AvgIpc) is 2.24. The molecule has 6 nitrogen and oxygen atoms in total. The standard InChI is InChI=1S/C12H10O6/c1-4-5(2)18-12(17)10-7(14)3-6(13)9(8(4)10)11(15)16/h3-4,13-14H,2H2,1H3,(H,15,16)/t4-/m1/s1. The Morgan fingerprint density at radius 3 is 2.56 bits per heavy atom. The Kier molecular flexibility index (Phi) is 2.50. The van der Waals surface area contributed by atoms with Crippen molar-refractivity contribution in [2.45, 2.75) is 12.8 Å². The number of hydrogen-bond acceptors (Lipinski definition) is 5. The van der Waals surface area contributed by atoms with Gasteiger partial charge in [0.25, 0.3) is 0 Å². The Balaban J connectivity index is 2.88. The molecule has 0 bridgehead atoms. The minimum atomic E-state index is -1.39. The van der Waals surface area contributed by atoms with Gasteiger partial charge in [-0.25, -0.2) is 9.59 Å². The molecular formula is C12H10O6. The molecule has 1 aromatic carbocycles. The number of ether oxygens (including phenoxy) is 1. The van der Waals surface area contributed by atoms with Crippen molar-refractivity contribution in [2.75, 3.05) is 0 Å². The van der Waals surface area contributed by atoms with Gasteiger partial charge in [0.2, 0.25) is 0 Å². The van der Waals surface area contributed by atoms with Crippen LogP contribution in [-0.2, 0) is 4.74 Å². The molecule has 6 heteroatoms. The van der Waals surface area contributed by atoms with Crippen molar-refractivity contribution in [3.63, 3.8) is 0 Å². The number of aromatic carboxylic acids is 1. The van der Waals surface area contributed by atoms with Crippen LogP contribution in [0.15, 0.2) is 18.4 Å². The van der Waals surface area contributed by atoms with E-state index in [0.29, 0.717) is 0 Å². The number of phenolic OH excluding ortho intramolecular Hbond substituents is 1. The number of esters is 1. The second kappa shape index (κ2) is 3.76. The molecule has 2 rings (SSSR count). The number of carboxylic acids is 1. The van der Waals surface area contributed by atoms with Gasteiger partial charge in [0.15, 0.2) is 0 Å². The maximum absolute atomic E-state index is 11.6. The van der Waals surface area contributed by atoms with E-state index in [-0.39, 0.29) is 16.9 Å². The molecular weight excluding hydrogens is 240 g/mol. The minimum Gasteiger partial charge on any atom is -0.507 e. The molecule has 18 heavy (non-hydrogen) atoms. The summed E-state index contributed by atoms with van der Waals surface area (Å²) in [6.45, 7) is 5.07. The number of hydrogen-bond donors (Lipinski definition) is 3. The van der Waals surface area contributed by atoms with E-state index >= 15 is 0 Å². The lowest BCUT2D eigenvalue weighted by Gasteiger charge is -2.26. The highest BCUT2D eigenvalue weighted by Gasteiger charge is 2.36. The third-order valence-electron chi connectivity index (χ3n) is 2.88. The van der Waals surface area contributed by atoms with Gasteiger partial charge in [-0.3, -0.25) is 0 Å². The van der Waals surface area contributed by atoms with E-state index in [1.165, 1.54) is 0 Å². The molecule has 0 aliphatic carbocycles. The van der Waals surface area contributed by atoms with Crippen molar-refractivity contribution < 1.29 is 29.6 Å². The van der Waals surface area contributed by atoms with Gasteiger partial charge in [-0.1, -0.05) is 13.5 Å². The van der Waals surface area contributed by atoms with E-state index in [9.17, 15) is 19.8 Å². The molecule has 3 N–H and O–H groups in total. The first-order valence-electron chi connectivity index (χ1n) is 5.07. The van der Waals surface area contributed by atoms with Crippen molar-refractivity contribution in [1.82, 2.24) is 0 Å². The topological polar surface area (TPSA) is 104 Å². The molecule has 0 aromatic heterocycles. The molecule has 0 saturated carbocycles. The Morgan fingerprint density at radius 1 is 1.39 bits per heavy atom. The fourth-order valence-corrected chi connectivity index (χ4v) is 1.97. The van der Waals surface area contributed by atoms with E-state index in [1.807, 2.05) is 0 Å². The summed E-state index contributed by atoms with van der Waals surface area (Å²) in [7, 11) is 0. The van der Waals surface area contributed by atoms with Gasteiger partial charge in [0, 0.05) is 12.0 Å². The summed E-state index contributed by atoms with van der Waals surface area (Å²) in [6.07, 6.45) is 0. The Morgan fingerprint density at radius 2 is 2.00 bits per heavy atom. The molecule has 0 amide bonds. The summed E-state index contributed by atoms with van der Waals surface area (Å²) >= 11 is 0. The molecule has 1 aromatic rings. The van der Waals surface area contributed by atoms with Crippen molar-refractivity contribution >= 4 is 11.9 Å². The van der Waals surface area contributed by atoms with Crippen molar-refractivity contribution in [1.29, 1.82) is 0 Å². The van der Waals surface area contributed by atoms with E-state index in [2.05, 4.69) is 6.58 Å². The number of cyclic esters (lactones) is 1. The average molecular weight is 250 g/mol. The third-order valence-corrected chi connectivity index (χ3v) is 2.88. The maximum Gasteiger partial charge on any atom is 0.347 e. The van der Waals surface area contributed by atoms with Gasteiger partial charge in [-0.05, 0) is 5.56 Å². The van der Waals surface area contributed by atoms with Crippen molar-refractivity contribution in [3.8, 4) is 11.5 Å². The second-order valence-electron chi connectivity index (χ2n) is 3.96. The molecule has 1 aliphatic rings. The number of allylic oxidation sites excluding steroid dienone is 1. The zero-order valence-corrected chi connectivity index (χ0v) is 9.43. The van der Waals surface area contributed by atoms with E-state index in [0.717, 1.165) is 6.07 Å². The van der Waals surface area contributed by atoms with E-state index < -0.39 is 34.9 Å². The van der Waals surface area contributed by atoms with Gasteiger partial charge in [0.1, 0.15) is 28.4 Å². The summed E-state index contributed by atoms with van der Waals surface area (Å²) in [5, 5.41) is 28.3. The number of benzene rings is 1. The van der Waals surface area contributed by atoms with Crippen LogP contribution >= 0.6 is 0 Å². The molecule has 1 heterocycles. The van der Waals surface area contributed by atoms with Crippen molar-refractivity contribution in [2.24, 2.45) is 0 Å². The van der Waals surface area contributed by atoms with Gasteiger partial charge in [0.05, 0.1) is 0 Å². The van der Waals surface area contributed by atoms with Crippen LogP contribution in [0.5, 0.6) is 11.5 Å². The highest BCUT2D eigenvalue weighted by molar-refractivity contribution is 6.03. The lowest BCUT2D eigenvalue weighted by atomic mass is 9.86. The predicted octanol–water partition coefficient (Wildman–Crippen LogP) is 1.58. The lowest BCUT2D eigenvalue weighted by molar-refractivity contribution is 0.0579. The third kappa shape index (κ3) is 1.50. The minimum absolute atomic E-state index is 0.0150. The first-order chi connectivity index (χ1) is 8.34. The van der Waals surface area contributed by atoms with Crippen LogP contribution in [-0.4, -0.2) is 27.3 Å². The lowest BCUT2D eigenvalue weighted by Crippen LogP contribution is -2.22. The Hall–Kier alpha value is -2.50. The maximum atomic E-state index is 11.6. The van der Waals surface area contributed by atoms with Crippen LogP contribution in [0.3, 0.4) is 0 Å². The van der Waals surface area contributed by atoms with Crippen LogP contribution in [0.2, 0.25) is 0 Å². The Bertz CT molecular complexity index is 566. The van der Waals surface area contributed by atoms with Gasteiger partial charge >= 0.3 is 11.9 Å². The Labute approximate surface area is 102 Å². The summed E-state index contributed by atoms with van der Waals surface area (Å²) in [5.74, 6) is -3.95. The SMILES string of the molecule is C=C1OC(=O)c2c(O)cc(O)c(C(=O)O)c2[C@@H]1C. The molecule has 0 unspecified atom stereocenters. The number of rotatable bonds is 1. The molecule has 1 aliphatic heterocycles. The number of phenols is 2. The van der Waals surface area contributed by atoms with E-state index in [4.69, 9.17) is 9.84 Å². The van der Waals surface area contributed by atoms with Crippen molar-refractivity contribution in [3.05, 3.63) is 35.1 Å². The largest absolute Gasteiger partial charge is 0.507 e. The first kappa shape index (κ1) is 12.0. The normalized spacial score (nSPS) is 18.2. The zero-order valence-electron chi connectivity index (χ0n) is 9.43. The summed E-state index contributed by atoms with van der Waals surface area (Å²) in [5.41, 5.74) is -0.653. The van der Waals surface area contributed by atoms with Gasteiger partial charge in [-0.15, -0.1) is 0 Å². The molecule has 0 spiro atoms. The molecule has 1 atom stereocenters. The van der Waals surface area contributed by atoms with Crippen LogP contribution < -0.4 is 0 Å². The molecule has 0 radical (unpaired) electrons. The highest BCUT2D eigenvalue weighted by Crippen LogP contribution is 2.42. The number of carbonyl (C=O) groups is 2. The first-order valence-corrected chi connectivity index (χ1v) is 5.07. The van der Waals surface area contributed by atoms with Gasteiger partial charge < -0.3 is 20.1 Å². The smallest absolute Gasteiger partial charge is 0.347 e. The summed E-state index contributed by atoms with van der Waals surface area (Å²) in [4.78, 5) is 22.8. The number of aromatic hydroxyl groups is 2. The zero-order chi connectivity index (χ0) is 13.6. The predicted molar refractivity (Wildman–Crippen MR) is 59.7 cm³/mol. The molecule has 0 fully saturated rings. The number of fused-ring (bicyclic) bond motifs is 1. The van der Waals surface area contributed by atoms with Crippen LogP contribution in [0.1, 0.15) is 39.1 Å². The van der Waals surface area contributed by atoms with Gasteiger partial charge in [-0.2, -0.15) is 0 Å². The summed E-state index contributed by atoms with van der Waals surface area (Å²) in [6, 6.07) is 0.810. The fraction of sp³-hybridized carbons (Fsp3) is 0.167. The van der Waals surface area contributed by atoms with Crippen LogP contribution in [0, 0.1) is 0 Å². The molecule has 94 valence electrons. The monoisotopic (exact) mass is 250 g/mol. The second-order valence-corrected chi connectivity index (χ2v) is 3.96. The van der Waals surface area contributed by atoms with Crippen LogP contribution in [0.25, 0.3) is 0 Å². The fourth-order valence-electron chi connectivity index (χ4n) is 1.97. The number of carbonyl (C=O) groups excluding carboxylic acids is 1. The molecule has 0 saturated heterocycles.